The summed E-state index contributed by atoms with van der Waals surface area (Å²) in [5.41, 5.74) is 0. The lowest BCUT2D eigenvalue weighted by Gasteiger charge is -2.39. The molecule has 1 aliphatic heterocycles. The topological polar surface area (TPSA) is 152 Å². The fourth-order valence-electron chi connectivity index (χ4n) is 7.70. The first kappa shape index (κ1) is 60.4. The minimum Gasteiger partial charge on any atom is -0.462 e. The Labute approximate surface area is 396 Å². The lowest BCUT2D eigenvalue weighted by atomic mass is 9.99. The van der Waals surface area contributed by atoms with Crippen molar-refractivity contribution in [2.75, 3.05) is 19.8 Å². The number of rotatable bonds is 44. The molecule has 1 saturated heterocycles. The first-order valence-corrected chi connectivity index (χ1v) is 26.4. The Morgan fingerprint density at radius 1 is 0.477 bits per heavy atom. The number of ether oxygens (including phenoxy) is 4. The SMILES string of the molecule is CCCCC/C=C/C/C=C/C/C=C/C/C=C/CCCCCC(=O)O[C@@H](COC(=O)CCCCCCCCCCCCC/C=C/CCCCCCCC)CO[C@H]1O[C@@H](CO)[C@@H](O)C(O)C1O. The monoisotopic (exact) mass is 917 g/mol. The molecule has 4 N–H and O–H groups in total. The number of allylic oxidation sites excluding steroid dienone is 10. The highest BCUT2D eigenvalue weighted by Gasteiger charge is 2.44. The predicted molar refractivity (Wildman–Crippen MR) is 265 cm³/mol. The van der Waals surface area contributed by atoms with Gasteiger partial charge in [0, 0.05) is 12.8 Å². The molecular formula is C55H96O10. The molecule has 10 heteroatoms. The molecule has 65 heavy (non-hydrogen) atoms. The van der Waals surface area contributed by atoms with Gasteiger partial charge in [0.05, 0.1) is 13.2 Å². The van der Waals surface area contributed by atoms with Gasteiger partial charge in [0.25, 0.3) is 0 Å². The van der Waals surface area contributed by atoms with Gasteiger partial charge in [0.1, 0.15) is 31.0 Å². The molecule has 0 saturated carbocycles. The van der Waals surface area contributed by atoms with Crippen molar-refractivity contribution in [1.82, 2.24) is 0 Å². The van der Waals surface area contributed by atoms with Crippen LogP contribution in [0, 0.1) is 0 Å². The number of esters is 2. The molecule has 6 atom stereocenters. The van der Waals surface area contributed by atoms with Crippen LogP contribution < -0.4 is 0 Å². The van der Waals surface area contributed by atoms with Crippen molar-refractivity contribution < 1.29 is 49.0 Å². The van der Waals surface area contributed by atoms with E-state index in [1.165, 1.54) is 122 Å². The van der Waals surface area contributed by atoms with Crippen LogP contribution in [-0.4, -0.2) is 89.0 Å². The van der Waals surface area contributed by atoms with Gasteiger partial charge in [-0.25, -0.2) is 0 Å². The molecule has 1 heterocycles. The molecule has 1 rings (SSSR count). The van der Waals surface area contributed by atoms with Crippen molar-refractivity contribution >= 4 is 11.9 Å². The van der Waals surface area contributed by atoms with Gasteiger partial charge >= 0.3 is 11.9 Å². The lowest BCUT2D eigenvalue weighted by Crippen LogP contribution is -2.59. The van der Waals surface area contributed by atoms with Crippen LogP contribution in [0.15, 0.2) is 60.8 Å². The van der Waals surface area contributed by atoms with E-state index in [0.29, 0.717) is 6.42 Å². The third-order valence-corrected chi connectivity index (χ3v) is 11.9. The highest BCUT2D eigenvalue weighted by Crippen LogP contribution is 2.23. The molecule has 0 radical (unpaired) electrons. The van der Waals surface area contributed by atoms with Gasteiger partial charge in [0.2, 0.25) is 0 Å². The Morgan fingerprint density at radius 3 is 1.35 bits per heavy atom. The van der Waals surface area contributed by atoms with E-state index in [1.807, 2.05) is 0 Å². The average molecular weight is 917 g/mol. The summed E-state index contributed by atoms with van der Waals surface area (Å²) in [4.78, 5) is 25.5. The fourth-order valence-corrected chi connectivity index (χ4v) is 7.70. The number of hydrogen-bond acceptors (Lipinski definition) is 10. The third-order valence-electron chi connectivity index (χ3n) is 11.9. The van der Waals surface area contributed by atoms with E-state index >= 15 is 0 Å². The largest absolute Gasteiger partial charge is 0.462 e. The summed E-state index contributed by atoms with van der Waals surface area (Å²) >= 11 is 0. The van der Waals surface area contributed by atoms with Crippen molar-refractivity contribution in [3.05, 3.63) is 60.8 Å². The van der Waals surface area contributed by atoms with Crippen LogP contribution in [0.25, 0.3) is 0 Å². The summed E-state index contributed by atoms with van der Waals surface area (Å²) in [7, 11) is 0. The molecule has 1 aliphatic rings. The van der Waals surface area contributed by atoms with Crippen LogP contribution >= 0.6 is 0 Å². The van der Waals surface area contributed by atoms with Crippen molar-refractivity contribution in [1.29, 1.82) is 0 Å². The lowest BCUT2D eigenvalue weighted by molar-refractivity contribution is -0.305. The Kier molecular flexibility index (Phi) is 42.0. The van der Waals surface area contributed by atoms with E-state index in [9.17, 15) is 30.0 Å². The predicted octanol–water partition coefficient (Wildman–Crippen LogP) is 12.6. The molecule has 0 aliphatic carbocycles. The zero-order valence-corrected chi connectivity index (χ0v) is 41.2. The van der Waals surface area contributed by atoms with E-state index in [4.69, 9.17) is 18.9 Å². The minimum absolute atomic E-state index is 0.191. The van der Waals surface area contributed by atoms with Crippen LogP contribution in [0.4, 0.5) is 0 Å². The molecule has 1 fully saturated rings. The van der Waals surface area contributed by atoms with Gasteiger partial charge in [-0.1, -0.05) is 184 Å². The van der Waals surface area contributed by atoms with Crippen LogP contribution in [0.3, 0.4) is 0 Å². The third kappa shape index (κ3) is 36.2. The highest BCUT2D eigenvalue weighted by molar-refractivity contribution is 5.70. The Balaban J connectivity index is 2.28. The van der Waals surface area contributed by atoms with Gasteiger partial charge in [0.15, 0.2) is 12.4 Å². The number of carbonyl (C=O) groups is 2. The maximum Gasteiger partial charge on any atom is 0.306 e. The van der Waals surface area contributed by atoms with Gasteiger partial charge in [-0.05, 0) is 83.5 Å². The van der Waals surface area contributed by atoms with Gasteiger partial charge in [-0.3, -0.25) is 9.59 Å². The smallest absolute Gasteiger partial charge is 0.306 e. The Morgan fingerprint density at radius 2 is 0.862 bits per heavy atom. The maximum absolute atomic E-state index is 12.8. The summed E-state index contributed by atoms with van der Waals surface area (Å²) in [6.07, 6.45) is 49.4. The molecule has 0 bridgehead atoms. The summed E-state index contributed by atoms with van der Waals surface area (Å²) in [6, 6.07) is 0. The quantitative estimate of drug-likeness (QED) is 0.0264. The van der Waals surface area contributed by atoms with Crippen molar-refractivity contribution in [2.24, 2.45) is 0 Å². The number of hydrogen-bond donors (Lipinski definition) is 4. The first-order valence-electron chi connectivity index (χ1n) is 26.4. The van der Waals surface area contributed by atoms with Crippen LogP contribution in [-0.2, 0) is 28.5 Å². The standard InChI is InChI=1S/C55H96O10/c1-3-5-7-9-11-13-15-17-19-21-23-24-26-27-29-31-33-35-37-39-41-43-50(57)62-46-48(47-63-55-54(61)53(60)52(59)49(45-56)65-55)64-51(58)44-42-40-38-36-34-32-30-28-25-22-20-18-16-14-12-10-8-6-4-2/h12,14,17-20,25,28,32,34,48-49,52-56,59-61H,3-11,13,15-16,21-24,26-27,29-31,33,35-47H2,1-2H3/b14-12+,19-17+,20-18+,28-25+,34-32+/t48-,49-,52+,53?,54?,55-/m0/s1. The van der Waals surface area contributed by atoms with Crippen LogP contribution in [0.5, 0.6) is 0 Å². The van der Waals surface area contributed by atoms with Crippen molar-refractivity contribution in [3.63, 3.8) is 0 Å². The van der Waals surface area contributed by atoms with Gasteiger partial charge < -0.3 is 39.4 Å². The molecule has 2 unspecified atom stereocenters. The van der Waals surface area contributed by atoms with Crippen molar-refractivity contribution in [3.8, 4) is 0 Å². The second-order valence-electron chi connectivity index (χ2n) is 18.0. The zero-order chi connectivity index (χ0) is 47.3. The van der Waals surface area contributed by atoms with E-state index in [0.717, 1.165) is 64.2 Å². The first-order chi connectivity index (χ1) is 31.8. The normalized spacial score (nSPS) is 19.8. The molecule has 0 amide bonds. The summed E-state index contributed by atoms with van der Waals surface area (Å²) in [6.45, 7) is 3.38. The minimum atomic E-state index is -1.60. The van der Waals surface area contributed by atoms with Crippen LogP contribution in [0.1, 0.15) is 219 Å². The molecular weight excluding hydrogens is 821 g/mol. The number of aliphatic hydroxyl groups excluding tert-OH is 4. The summed E-state index contributed by atoms with van der Waals surface area (Å²) < 4.78 is 22.2. The van der Waals surface area contributed by atoms with E-state index < -0.39 is 49.4 Å². The average Bonchev–Trinajstić information content (AvgIpc) is 3.30. The van der Waals surface area contributed by atoms with Crippen molar-refractivity contribution in [2.45, 2.75) is 256 Å². The number of carbonyl (C=O) groups excluding carboxylic acids is 2. The summed E-state index contributed by atoms with van der Waals surface area (Å²) in [5, 5.41) is 40.2. The molecule has 0 aromatic heterocycles. The molecule has 0 aromatic rings. The van der Waals surface area contributed by atoms with Gasteiger partial charge in [-0.15, -0.1) is 0 Å². The maximum atomic E-state index is 12.8. The molecule has 10 nitrogen and oxygen atoms in total. The van der Waals surface area contributed by atoms with E-state index in [1.54, 1.807) is 0 Å². The van der Waals surface area contributed by atoms with E-state index in [-0.39, 0.29) is 32.0 Å². The Hall–Kier alpha value is -2.60. The molecule has 0 spiro atoms. The second-order valence-corrected chi connectivity index (χ2v) is 18.0. The number of aliphatic hydroxyl groups is 4. The second kappa shape index (κ2) is 45.2. The van der Waals surface area contributed by atoms with Gasteiger partial charge in [-0.2, -0.15) is 0 Å². The molecule has 0 aromatic carbocycles. The highest BCUT2D eigenvalue weighted by atomic mass is 16.7. The molecule has 376 valence electrons. The zero-order valence-electron chi connectivity index (χ0n) is 41.2. The van der Waals surface area contributed by atoms with E-state index in [2.05, 4.69) is 74.6 Å². The Bertz CT molecular complexity index is 1240. The number of unbranched alkanes of at least 4 members (excludes halogenated alkanes) is 23. The van der Waals surface area contributed by atoms with Crippen LogP contribution in [0.2, 0.25) is 0 Å². The summed E-state index contributed by atoms with van der Waals surface area (Å²) in [5.74, 6) is -0.841. The fraction of sp³-hybridized carbons (Fsp3) is 0.782.